The van der Waals surface area contributed by atoms with Gasteiger partial charge in [0.1, 0.15) is 0 Å². The van der Waals surface area contributed by atoms with Crippen LogP contribution < -0.4 is 11.5 Å². The molecular weight excluding hydrogens is 372 g/mol. The lowest BCUT2D eigenvalue weighted by atomic mass is 9.86. The molecular formula is C18H30N2O8. The highest BCUT2D eigenvalue weighted by molar-refractivity contribution is 5.63. The number of carboxylic acids is 4. The van der Waals surface area contributed by atoms with Gasteiger partial charge in [0.15, 0.2) is 0 Å². The average molecular weight is 402 g/mol. The highest BCUT2D eigenvalue weighted by atomic mass is 16.4. The number of benzene rings is 1. The van der Waals surface area contributed by atoms with Crippen LogP contribution in [0.2, 0.25) is 0 Å². The molecule has 2 rings (SSSR count). The van der Waals surface area contributed by atoms with Crippen LogP contribution in [0.5, 0.6) is 0 Å². The van der Waals surface area contributed by atoms with Crippen molar-refractivity contribution in [3.63, 3.8) is 0 Å². The van der Waals surface area contributed by atoms with Gasteiger partial charge in [-0.25, -0.2) is 0 Å². The SMILES string of the molecule is CC(=O)O.CC(=O)O.CC(=O)O.CC(=O)O.NC1Cc2ccccc2CC1N. The molecule has 0 amide bonds. The number of fused-ring (bicyclic) bond motifs is 1. The first-order chi connectivity index (χ1) is 12.7. The summed E-state index contributed by atoms with van der Waals surface area (Å²) in [6, 6.07) is 8.67. The molecule has 0 bridgehead atoms. The van der Waals surface area contributed by atoms with E-state index < -0.39 is 23.9 Å². The number of hydrogen-bond acceptors (Lipinski definition) is 6. The Morgan fingerprint density at radius 2 is 0.857 bits per heavy atom. The molecule has 0 radical (unpaired) electrons. The molecule has 2 atom stereocenters. The van der Waals surface area contributed by atoms with Gasteiger partial charge < -0.3 is 31.9 Å². The van der Waals surface area contributed by atoms with Crippen LogP contribution in [-0.4, -0.2) is 56.4 Å². The number of carboxylic acid groups (broad SMARTS) is 4. The van der Waals surface area contributed by atoms with E-state index in [0.717, 1.165) is 40.5 Å². The van der Waals surface area contributed by atoms with E-state index in [-0.39, 0.29) is 12.1 Å². The zero-order valence-electron chi connectivity index (χ0n) is 16.5. The smallest absolute Gasteiger partial charge is 0.300 e. The molecule has 0 aromatic heterocycles. The number of rotatable bonds is 0. The molecule has 8 N–H and O–H groups in total. The summed E-state index contributed by atoms with van der Waals surface area (Å²) < 4.78 is 0. The predicted molar refractivity (Wildman–Crippen MR) is 103 cm³/mol. The summed E-state index contributed by atoms with van der Waals surface area (Å²) in [6.45, 7) is 4.33. The molecule has 10 heteroatoms. The predicted octanol–water partition coefficient (Wildman–Crippen LogP) is 0.803. The van der Waals surface area contributed by atoms with E-state index in [4.69, 9.17) is 51.1 Å². The van der Waals surface area contributed by atoms with Crippen LogP contribution in [0.25, 0.3) is 0 Å². The lowest BCUT2D eigenvalue weighted by molar-refractivity contribution is -0.135. The fraction of sp³-hybridized carbons (Fsp3) is 0.444. The van der Waals surface area contributed by atoms with Gasteiger partial charge in [0.2, 0.25) is 0 Å². The van der Waals surface area contributed by atoms with E-state index >= 15 is 0 Å². The van der Waals surface area contributed by atoms with Crippen molar-refractivity contribution >= 4 is 23.9 Å². The van der Waals surface area contributed by atoms with Gasteiger partial charge in [0.05, 0.1) is 0 Å². The van der Waals surface area contributed by atoms with Crippen molar-refractivity contribution in [1.29, 1.82) is 0 Å². The van der Waals surface area contributed by atoms with Gasteiger partial charge in [-0.1, -0.05) is 24.3 Å². The molecule has 10 nitrogen and oxygen atoms in total. The zero-order chi connectivity index (χ0) is 22.9. The summed E-state index contributed by atoms with van der Waals surface area (Å²) in [5.74, 6) is -3.33. The number of nitrogens with two attached hydrogens (primary N) is 2. The lowest BCUT2D eigenvalue weighted by Crippen LogP contribution is -2.47. The second-order valence-electron chi connectivity index (χ2n) is 5.58. The Labute approximate surface area is 163 Å². The van der Waals surface area contributed by atoms with Gasteiger partial charge in [-0.3, -0.25) is 19.2 Å². The van der Waals surface area contributed by atoms with Gasteiger partial charge in [-0.15, -0.1) is 0 Å². The van der Waals surface area contributed by atoms with Crippen LogP contribution in [0, 0.1) is 0 Å². The number of aliphatic carboxylic acids is 4. The van der Waals surface area contributed by atoms with Crippen molar-refractivity contribution < 1.29 is 39.6 Å². The summed E-state index contributed by atoms with van der Waals surface area (Å²) in [5, 5.41) is 29.7. The van der Waals surface area contributed by atoms with Crippen molar-refractivity contribution in [2.24, 2.45) is 11.5 Å². The Morgan fingerprint density at radius 3 is 1.04 bits per heavy atom. The molecule has 0 aliphatic heterocycles. The molecule has 0 spiro atoms. The first-order valence-electron chi connectivity index (χ1n) is 8.06. The van der Waals surface area contributed by atoms with Crippen LogP contribution in [0.15, 0.2) is 24.3 Å². The molecule has 1 aromatic rings. The van der Waals surface area contributed by atoms with Crippen molar-refractivity contribution in [1.82, 2.24) is 0 Å². The average Bonchev–Trinajstić information content (AvgIpc) is 2.46. The topological polar surface area (TPSA) is 201 Å². The fourth-order valence-corrected chi connectivity index (χ4v) is 1.77. The van der Waals surface area contributed by atoms with Crippen molar-refractivity contribution in [3.8, 4) is 0 Å². The first kappa shape index (κ1) is 29.8. The second-order valence-corrected chi connectivity index (χ2v) is 5.58. The zero-order valence-corrected chi connectivity index (χ0v) is 16.5. The van der Waals surface area contributed by atoms with Gasteiger partial charge in [-0.2, -0.15) is 0 Å². The van der Waals surface area contributed by atoms with E-state index in [0.29, 0.717) is 0 Å². The maximum Gasteiger partial charge on any atom is 0.300 e. The van der Waals surface area contributed by atoms with Crippen LogP contribution in [-0.2, 0) is 32.0 Å². The largest absolute Gasteiger partial charge is 0.481 e. The molecule has 0 fully saturated rings. The minimum absolute atomic E-state index is 0.139. The normalized spacial score (nSPS) is 15.6. The van der Waals surface area contributed by atoms with E-state index in [1.54, 1.807) is 0 Å². The molecule has 1 aliphatic rings. The minimum atomic E-state index is -0.833. The quantitative estimate of drug-likeness (QED) is 0.360. The van der Waals surface area contributed by atoms with Gasteiger partial charge in [0, 0.05) is 39.8 Å². The maximum absolute atomic E-state index is 9.00. The summed E-state index contributed by atoms with van der Waals surface area (Å²) >= 11 is 0. The Balaban J connectivity index is -0.000000328. The van der Waals surface area contributed by atoms with E-state index in [1.165, 1.54) is 11.1 Å². The Morgan fingerprint density at radius 1 is 0.679 bits per heavy atom. The highest BCUT2D eigenvalue weighted by Gasteiger charge is 2.21. The Kier molecular flexibility index (Phi) is 18.5. The highest BCUT2D eigenvalue weighted by Crippen LogP contribution is 2.19. The minimum Gasteiger partial charge on any atom is -0.481 e. The maximum atomic E-state index is 9.00. The molecule has 0 saturated heterocycles. The molecule has 0 saturated carbocycles. The summed E-state index contributed by atoms with van der Waals surface area (Å²) in [7, 11) is 0. The Bertz CT molecular complexity index is 526. The molecule has 1 aliphatic carbocycles. The first-order valence-corrected chi connectivity index (χ1v) is 8.06. The van der Waals surface area contributed by atoms with Crippen LogP contribution in [0.4, 0.5) is 0 Å². The summed E-state index contributed by atoms with van der Waals surface area (Å²) in [6.07, 6.45) is 1.86. The van der Waals surface area contributed by atoms with Crippen molar-refractivity contribution in [2.45, 2.75) is 52.6 Å². The molecule has 160 valence electrons. The second kappa shape index (κ2) is 17.4. The fourth-order valence-electron chi connectivity index (χ4n) is 1.77. The van der Waals surface area contributed by atoms with Crippen LogP contribution >= 0.6 is 0 Å². The van der Waals surface area contributed by atoms with Gasteiger partial charge >= 0.3 is 0 Å². The Hall–Kier alpha value is -2.98. The van der Waals surface area contributed by atoms with Gasteiger partial charge in [-0.05, 0) is 24.0 Å². The molecule has 28 heavy (non-hydrogen) atoms. The van der Waals surface area contributed by atoms with E-state index in [1.807, 2.05) is 0 Å². The standard InChI is InChI=1S/C10H14N2.4C2H4O2/c11-9-5-7-3-1-2-4-8(7)6-10(9)12;4*1-2(3)4/h1-4,9-10H,5-6,11-12H2;4*1H3,(H,3,4). The molecule has 2 unspecified atom stereocenters. The third-order valence-corrected chi connectivity index (χ3v) is 2.58. The third kappa shape index (κ3) is 27.8. The van der Waals surface area contributed by atoms with E-state index in [9.17, 15) is 0 Å². The number of hydrogen-bond donors (Lipinski definition) is 6. The third-order valence-electron chi connectivity index (χ3n) is 2.58. The monoisotopic (exact) mass is 402 g/mol. The van der Waals surface area contributed by atoms with Crippen LogP contribution in [0.3, 0.4) is 0 Å². The summed E-state index contributed by atoms with van der Waals surface area (Å²) in [5.41, 5.74) is 14.5. The number of carbonyl (C=O) groups is 4. The van der Waals surface area contributed by atoms with Crippen molar-refractivity contribution in [3.05, 3.63) is 35.4 Å². The van der Waals surface area contributed by atoms with Crippen molar-refractivity contribution in [2.75, 3.05) is 0 Å². The molecule has 0 heterocycles. The van der Waals surface area contributed by atoms with E-state index in [2.05, 4.69) is 24.3 Å². The lowest BCUT2D eigenvalue weighted by Gasteiger charge is -2.27. The van der Waals surface area contributed by atoms with Crippen LogP contribution in [0.1, 0.15) is 38.8 Å². The summed E-state index contributed by atoms with van der Waals surface area (Å²) in [4.78, 5) is 36.0. The van der Waals surface area contributed by atoms with Gasteiger partial charge in [0.25, 0.3) is 23.9 Å². The molecule has 1 aromatic carbocycles.